The first-order chi connectivity index (χ1) is 8.31. The van der Waals surface area contributed by atoms with Crippen molar-refractivity contribution in [1.82, 2.24) is 20.1 Å². The molecule has 0 amide bonds. The summed E-state index contributed by atoms with van der Waals surface area (Å²) in [6.07, 6.45) is 4.15. The Balaban J connectivity index is 2.39. The van der Waals surface area contributed by atoms with E-state index in [0.717, 1.165) is 12.6 Å². The predicted molar refractivity (Wildman–Crippen MR) is 54.7 cm³/mol. The molecule has 3 heterocycles. The van der Waals surface area contributed by atoms with Crippen LogP contribution in [0.25, 0.3) is 22.4 Å². The molecule has 17 heavy (non-hydrogen) atoms. The van der Waals surface area contributed by atoms with E-state index in [-0.39, 0.29) is 16.8 Å². The molecule has 3 rings (SSSR count). The first-order valence-corrected chi connectivity index (χ1v) is 4.68. The Labute approximate surface area is 93.5 Å². The van der Waals surface area contributed by atoms with Gasteiger partial charge in [-0.05, 0) is 0 Å². The number of hydrogen-bond acceptors (Lipinski definition) is 5. The summed E-state index contributed by atoms with van der Waals surface area (Å²) in [7, 11) is 0. The Morgan fingerprint density at radius 2 is 2.29 bits per heavy atom. The van der Waals surface area contributed by atoms with Crippen molar-refractivity contribution in [1.29, 1.82) is 0 Å². The van der Waals surface area contributed by atoms with Gasteiger partial charge in [0, 0.05) is 17.1 Å². The van der Waals surface area contributed by atoms with E-state index in [1.807, 2.05) is 0 Å². The average molecular weight is 232 g/mol. The zero-order valence-electron chi connectivity index (χ0n) is 8.35. The van der Waals surface area contributed by atoms with Crippen LogP contribution < -0.4 is 0 Å². The summed E-state index contributed by atoms with van der Waals surface area (Å²) in [5, 5.41) is 3.80. The number of nitrogens with zero attached hydrogens (tertiary/aromatic N) is 3. The van der Waals surface area contributed by atoms with Crippen LogP contribution in [0.5, 0.6) is 0 Å². The lowest BCUT2D eigenvalue weighted by molar-refractivity contribution is 0.112. The molecule has 0 saturated carbocycles. The van der Waals surface area contributed by atoms with Gasteiger partial charge in [0.25, 0.3) is 0 Å². The molecule has 3 aromatic rings. The maximum Gasteiger partial charge on any atom is 0.222 e. The Kier molecular flexibility index (Phi) is 1.97. The van der Waals surface area contributed by atoms with E-state index in [0.29, 0.717) is 17.5 Å². The summed E-state index contributed by atoms with van der Waals surface area (Å²) < 4.78 is 18.2. The summed E-state index contributed by atoms with van der Waals surface area (Å²) in [4.78, 5) is 21.3. The summed E-state index contributed by atoms with van der Waals surface area (Å²) >= 11 is 0. The van der Waals surface area contributed by atoms with Gasteiger partial charge in [0.05, 0.1) is 11.7 Å². The predicted octanol–water partition coefficient (Wildman–Crippen LogP) is 1.56. The third-order valence-electron chi connectivity index (χ3n) is 2.39. The van der Waals surface area contributed by atoms with E-state index < -0.39 is 5.82 Å². The lowest BCUT2D eigenvalue weighted by atomic mass is 10.2. The SMILES string of the molecule is O=Cc1c[nH]c2c(-c3ncon3)ncc(F)c12. The van der Waals surface area contributed by atoms with Gasteiger partial charge in [-0.2, -0.15) is 4.98 Å². The number of pyridine rings is 1. The number of carbonyl (C=O) groups excluding carboxylic acids is 1. The minimum Gasteiger partial charge on any atom is -0.358 e. The molecule has 0 bridgehead atoms. The highest BCUT2D eigenvalue weighted by atomic mass is 19.1. The molecule has 0 spiro atoms. The van der Waals surface area contributed by atoms with Crippen LogP contribution in [0.1, 0.15) is 10.4 Å². The zero-order valence-corrected chi connectivity index (χ0v) is 8.35. The number of carbonyl (C=O) groups is 1. The molecule has 0 aliphatic rings. The van der Waals surface area contributed by atoms with E-state index in [9.17, 15) is 9.18 Å². The fourth-order valence-electron chi connectivity index (χ4n) is 1.67. The Morgan fingerprint density at radius 3 is 3.00 bits per heavy atom. The molecule has 0 saturated heterocycles. The molecular weight excluding hydrogens is 227 g/mol. The van der Waals surface area contributed by atoms with Crippen LogP contribution in [0, 0.1) is 5.82 Å². The van der Waals surface area contributed by atoms with Crippen molar-refractivity contribution in [2.75, 3.05) is 0 Å². The minimum absolute atomic E-state index is 0.176. The van der Waals surface area contributed by atoms with Crippen LogP contribution in [0.3, 0.4) is 0 Å². The smallest absolute Gasteiger partial charge is 0.222 e. The fourth-order valence-corrected chi connectivity index (χ4v) is 1.67. The lowest BCUT2D eigenvalue weighted by Gasteiger charge is -1.98. The molecule has 0 aliphatic heterocycles. The second-order valence-corrected chi connectivity index (χ2v) is 3.32. The zero-order chi connectivity index (χ0) is 11.8. The van der Waals surface area contributed by atoms with E-state index in [1.54, 1.807) is 0 Å². The normalized spacial score (nSPS) is 10.9. The number of halogens is 1. The standard InChI is InChI=1S/C10H5FN4O2/c11-6-2-13-9(10-14-4-17-15-10)8-7(6)5(3-16)1-12-8/h1-4,12H. The summed E-state index contributed by atoms with van der Waals surface area (Å²) in [6, 6.07) is 0. The van der Waals surface area contributed by atoms with E-state index in [2.05, 4.69) is 24.6 Å². The quantitative estimate of drug-likeness (QED) is 0.678. The van der Waals surface area contributed by atoms with Gasteiger partial charge in [0.1, 0.15) is 5.69 Å². The van der Waals surface area contributed by atoms with Crippen molar-refractivity contribution in [3.05, 3.63) is 30.2 Å². The van der Waals surface area contributed by atoms with E-state index in [4.69, 9.17) is 0 Å². The van der Waals surface area contributed by atoms with Crippen LogP contribution in [-0.4, -0.2) is 26.4 Å². The first-order valence-electron chi connectivity index (χ1n) is 4.68. The van der Waals surface area contributed by atoms with Gasteiger partial charge >= 0.3 is 0 Å². The number of H-pyrrole nitrogens is 1. The second kappa shape index (κ2) is 3.48. The molecule has 0 atom stereocenters. The molecular formula is C10H5FN4O2. The van der Waals surface area contributed by atoms with Crippen molar-refractivity contribution in [2.24, 2.45) is 0 Å². The molecule has 6 nitrogen and oxygen atoms in total. The van der Waals surface area contributed by atoms with Crippen molar-refractivity contribution >= 4 is 17.2 Å². The molecule has 0 aromatic carbocycles. The molecule has 0 unspecified atom stereocenters. The number of rotatable bonds is 2. The third kappa shape index (κ3) is 1.32. The number of hydrogen-bond donors (Lipinski definition) is 1. The lowest BCUT2D eigenvalue weighted by Crippen LogP contribution is -1.91. The molecule has 3 aromatic heterocycles. The van der Waals surface area contributed by atoms with Gasteiger partial charge in [-0.15, -0.1) is 0 Å². The monoisotopic (exact) mass is 232 g/mol. The Morgan fingerprint density at radius 1 is 1.41 bits per heavy atom. The maximum absolute atomic E-state index is 13.6. The fraction of sp³-hybridized carbons (Fsp3) is 0. The highest BCUT2D eigenvalue weighted by Gasteiger charge is 2.16. The number of nitrogens with one attached hydrogen (secondary N) is 1. The van der Waals surface area contributed by atoms with Gasteiger partial charge in [-0.3, -0.25) is 4.79 Å². The van der Waals surface area contributed by atoms with Crippen molar-refractivity contribution in [3.63, 3.8) is 0 Å². The molecule has 0 aliphatic carbocycles. The third-order valence-corrected chi connectivity index (χ3v) is 2.39. The highest BCUT2D eigenvalue weighted by Crippen LogP contribution is 2.27. The van der Waals surface area contributed by atoms with Crippen LogP contribution in [0.4, 0.5) is 4.39 Å². The number of aromatic amines is 1. The maximum atomic E-state index is 13.6. The number of fused-ring (bicyclic) bond motifs is 1. The average Bonchev–Trinajstić information content (AvgIpc) is 2.98. The van der Waals surface area contributed by atoms with Gasteiger partial charge in [-0.1, -0.05) is 5.16 Å². The molecule has 1 N–H and O–H groups in total. The Bertz CT molecular complexity index is 690. The summed E-state index contributed by atoms with van der Waals surface area (Å²) in [5.41, 5.74) is 0.932. The van der Waals surface area contributed by atoms with Gasteiger partial charge in [0.15, 0.2) is 12.1 Å². The molecule has 7 heteroatoms. The second-order valence-electron chi connectivity index (χ2n) is 3.32. The minimum atomic E-state index is -0.574. The van der Waals surface area contributed by atoms with Crippen molar-refractivity contribution in [2.45, 2.75) is 0 Å². The van der Waals surface area contributed by atoms with Crippen LogP contribution >= 0.6 is 0 Å². The van der Waals surface area contributed by atoms with Gasteiger partial charge in [-0.25, -0.2) is 9.37 Å². The first kappa shape index (κ1) is 9.64. The molecule has 84 valence electrons. The van der Waals surface area contributed by atoms with Crippen LogP contribution in [0.15, 0.2) is 23.3 Å². The van der Waals surface area contributed by atoms with Gasteiger partial charge in [0.2, 0.25) is 12.2 Å². The largest absolute Gasteiger partial charge is 0.358 e. The van der Waals surface area contributed by atoms with Crippen molar-refractivity contribution in [3.8, 4) is 11.5 Å². The molecule has 0 fully saturated rings. The highest BCUT2D eigenvalue weighted by molar-refractivity contribution is 6.01. The van der Waals surface area contributed by atoms with E-state index in [1.165, 1.54) is 6.20 Å². The van der Waals surface area contributed by atoms with E-state index >= 15 is 0 Å². The molecule has 0 radical (unpaired) electrons. The summed E-state index contributed by atoms with van der Waals surface area (Å²) in [6.45, 7) is 0. The Hall–Kier alpha value is -2.57. The van der Waals surface area contributed by atoms with Crippen molar-refractivity contribution < 1.29 is 13.7 Å². The topological polar surface area (TPSA) is 84.7 Å². The summed E-state index contributed by atoms with van der Waals surface area (Å²) in [5.74, 6) is -0.343. The number of aldehydes is 1. The van der Waals surface area contributed by atoms with Crippen LogP contribution in [-0.2, 0) is 0 Å². The van der Waals surface area contributed by atoms with Gasteiger partial charge < -0.3 is 9.51 Å². The number of aromatic nitrogens is 4. The van der Waals surface area contributed by atoms with Crippen LogP contribution in [0.2, 0.25) is 0 Å².